The number of hydrogen-bond donors (Lipinski definition) is 1. The third-order valence-corrected chi connectivity index (χ3v) is 4.79. The summed E-state index contributed by atoms with van der Waals surface area (Å²) in [7, 11) is 0. The fraction of sp³-hybridized carbons (Fsp3) is 0.150. The lowest BCUT2D eigenvalue weighted by atomic mass is 10.2. The van der Waals surface area contributed by atoms with E-state index in [2.05, 4.69) is 10.3 Å². The van der Waals surface area contributed by atoms with Crippen molar-refractivity contribution in [3.63, 3.8) is 0 Å². The third kappa shape index (κ3) is 5.60. The summed E-state index contributed by atoms with van der Waals surface area (Å²) in [6.07, 6.45) is -1.22. The van der Waals surface area contributed by atoms with Crippen molar-refractivity contribution in [2.75, 3.05) is 11.9 Å². The highest BCUT2D eigenvalue weighted by Crippen LogP contribution is 2.27. The highest BCUT2D eigenvalue weighted by Gasteiger charge is 2.21. The number of rotatable bonds is 8. The number of halogens is 2. The molecule has 0 fully saturated rings. The Hall–Kier alpha value is -3.93. The molecule has 3 aromatic rings. The van der Waals surface area contributed by atoms with E-state index in [1.54, 1.807) is 5.38 Å². The molecular weight excluding hydrogens is 448 g/mol. The van der Waals surface area contributed by atoms with E-state index in [9.17, 15) is 28.5 Å². The summed E-state index contributed by atoms with van der Waals surface area (Å²) in [4.78, 5) is 38.6. The Kier molecular flexibility index (Phi) is 7.05. The van der Waals surface area contributed by atoms with Crippen LogP contribution in [0.1, 0.15) is 6.92 Å². The van der Waals surface area contributed by atoms with Crippen LogP contribution in [0.3, 0.4) is 0 Å². The van der Waals surface area contributed by atoms with E-state index in [1.807, 2.05) is 0 Å². The number of nitro groups is 1. The highest BCUT2D eigenvalue weighted by atomic mass is 32.1. The second kappa shape index (κ2) is 9.92. The fourth-order valence-electron chi connectivity index (χ4n) is 2.48. The second-order valence-corrected chi connectivity index (χ2v) is 7.16. The van der Waals surface area contributed by atoms with Gasteiger partial charge in [-0.2, -0.15) is 0 Å². The van der Waals surface area contributed by atoms with Crippen molar-refractivity contribution in [2.45, 2.75) is 13.0 Å². The molecule has 0 unspecified atom stereocenters. The lowest BCUT2D eigenvalue weighted by Crippen LogP contribution is -2.31. The average molecular weight is 463 g/mol. The van der Waals surface area contributed by atoms with Gasteiger partial charge in [0.1, 0.15) is 0 Å². The number of benzene rings is 2. The van der Waals surface area contributed by atoms with Crippen LogP contribution in [-0.4, -0.2) is 34.5 Å². The molecule has 1 amide bonds. The summed E-state index contributed by atoms with van der Waals surface area (Å²) in [6, 6.07) is 8.81. The lowest BCUT2D eigenvalue weighted by Gasteiger charge is -2.12. The minimum atomic E-state index is -1.22. The lowest BCUT2D eigenvalue weighted by molar-refractivity contribution is -0.385. The standard InChI is InChI=1S/C20H15F2N3O6S/c1-11(31-18(26)9-30-17-5-3-2-4-16(17)25(28)29)19(27)24-20-23-15(10-32-20)12-6-7-13(21)14(22)8-12/h2-8,10-11H,9H2,1H3,(H,23,24,27)/t11-/m1/s1. The molecule has 32 heavy (non-hydrogen) atoms. The number of carbonyl (C=O) groups excluding carboxylic acids is 2. The molecule has 1 atom stereocenters. The Morgan fingerprint density at radius 3 is 2.69 bits per heavy atom. The number of thiazole rings is 1. The molecule has 9 nitrogen and oxygen atoms in total. The predicted molar refractivity (Wildman–Crippen MR) is 110 cm³/mol. The number of aromatic nitrogens is 1. The first kappa shape index (κ1) is 22.7. The van der Waals surface area contributed by atoms with E-state index in [0.29, 0.717) is 11.3 Å². The molecule has 3 rings (SSSR count). The van der Waals surface area contributed by atoms with Crippen LogP contribution in [0.4, 0.5) is 19.6 Å². The van der Waals surface area contributed by atoms with Crippen LogP contribution in [-0.2, 0) is 14.3 Å². The monoisotopic (exact) mass is 463 g/mol. The normalized spacial score (nSPS) is 11.5. The van der Waals surface area contributed by atoms with Gasteiger partial charge in [0, 0.05) is 17.0 Å². The summed E-state index contributed by atoms with van der Waals surface area (Å²) in [5.74, 6) is -3.72. The molecule has 0 radical (unpaired) electrons. The van der Waals surface area contributed by atoms with Gasteiger partial charge >= 0.3 is 11.7 Å². The average Bonchev–Trinajstić information content (AvgIpc) is 3.22. The van der Waals surface area contributed by atoms with Crippen molar-refractivity contribution < 1.29 is 32.8 Å². The van der Waals surface area contributed by atoms with Gasteiger partial charge in [-0.1, -0.05) is 12.1 Å². The molecule has 0 saturated heterocycles. The topological polar surface area (TPSA) is 121 Å². The maximum absolute atomic E-state index is 13.4. The van der Waals surface area contributed by atoms with Gasteiger partial charge in [0.15, 0.2) is 35.2 Å². The first-order valence-electron chi connectivity index (χ1n) is 9.02. The summed E-state index contributed by atoms with van der Waals surface area (Å²) in [5.41, 5.74) is 0.339. The Labute approximate surface area is 183 Å². The number of hydrogen-bond acceptors (Lipinski definition) is 8. The number of para-hydroxylation sites is 2. The molecular formula is C20H15F2N3O6S. The Morgan fingerprint density at radius 2 is 1.97 bits per heavy atom. The van der Waals surface area contributed by atoms with Crippen LogP contribution >= 0.6 is 11.3 Å². The van der Waals surface area contributed by atoms with E-state index < -0.39 is 41.1 Å². The molecule has 0 saturated carbocycles. The van der Waals surface area contributed by atoms with Crippen molar-refractivity contribution in [2.24, 2.45) is 0 Å². The number of ether oxygens (including phenoxy) is 2. The molecule has 166 valence electrons. The first-order chi connectivity index (χ1) is 15.2. The van der Waals surface area contributed by atoms with Gasteiger partial charge in [-0.05, 0) is 31.2 Å². The smallest absolute Gasteiger partial charge is 0.344 e. The van der Waals surface area contributed by atoms with Gasteiger partial charge in [0.2, 0.25) is 0 Å². The molecule has 12 heteroatoms. The third-order valence-electron chi connectivity index (χ3n) is 4.03. The van der Waals surface area contributed by atoms with Crippen molar-refractivity contribution in [1.82, 2.24) is 4.98 Å². The summed E-state index contributed by atoms with van der Waals surface area (Å²) >= 11 is 1.04. The van der Waals surface area contributed by atoms with Crippen LogP contribution in [0.25, 0.3) is 11.3 Å². The molecule has 0 spiro atoms. The molecule has 0 aliphatic heterocycles. The number of amides is 1. The molecule has 0 aliphatic rings. The number of carbonyl (C=O) groups is 2. The molecule has 1 aromatic heterocycles. The van der Waals surface area contributed by atoms with E-state index in [1.165, 1.54) is 37.3 Å². The van der Waals surface area contributed by atoms with Gasteiger partial charge in [0.25, 0.3) is 5.91 Å². The molecule has 0 aliphatic carbocycles. The zero-order chi connectivity index (χ0) is 23.3. The zero-order valence-electron chi connectivity index (χ0n) is 16.4. The van der Waals surface area contributed by atoms with Crippen LogP contribution in [0.15, 0.2) is 47.8 Å². The van der Waals surface area contributed by atoms with Crippen molar-refractivity contribution in [3.05, 3.63) is 69.6 Å². The van der Waals surface area contributed by atoms with Crippen LogP contribution in [0.5, 0.6) is 5.75 Å². The van der Waals surface area contributed by atoms with E-state index >= 15 is 0 Å². The second-order valence-electron chi connectivity index (χ2n) is 6.30. The maximum atomic E-state index is 13.4. The highest BCUT2D eigenvalue weighted by molar-refractivity contribution is 7.14. The van der Waals surface area contributed by atoms with Gasteiger partial charge in [0.05, 0.1) is 10.6 Å². The van der Waals surface area contributed by atoms with Gasteiger partial charge in [-0.15, -0.1) is 11.3 Å². The van der Waals surface area contributed by atoms with E-state index in [4.69, 9.17) is 9.47 Å². The zero-order valence-corrected chi connectivity index (χ0v) is 17.2. The van der Waals surface area contributed by atoms with Crippen LogP contribution in [0.2, 0.25) is 0 Å². The van der Waals surface area contributed by atoms with Crippen LogP contribution in [0, 0.1) is 21.7 Å². The fourth-order valence-corrected chi connectivity index (χ4v) is 3.20. The van der Waals surface area contributed by atoms with Gasteiger partial charge in [-0.25, -0.2) is 18.6 Å². The molecule has 1 N–H and O–H groups in total. The SMILES string of the molecule is C[C@@H](OC(=O)COc1ccccc1[N+](=O)[O-])C(=O)Nc1nc(-c2ccc(F)c(F)c2)cs1. The van der Waals surface area contributed by atoms with Gasteiger partial charge in [-0.3, -0.25) is 20.2 Å². The minimum absolute atomic E-state index is 0.112. The summed E-state index contributed by atoms with van der Waals surface area (Å²) < 4.78 is 36.5. The number of nitro benzene ring substituents is 1. The first-order valence-corrected chi connectivity index (χ1v) is 9.90. The molecule has 0 bridgehead atoms. The quantitative estimate of drug-likeness (QED) is 0.305. The maximum Gasteiger partial charge on any atom is 0.344 e. The number of anilines is 1. The molecule has 2 aromatic carbocycles. The van der Waals surface area contributed by atoms with E-state index in [0.717, 1.165) is 23.5 Å². The Balaban J connectivity index is 1.54. The Bertz CT molecular complexity index is 1170. The number of nitrogens with zero attached hydrogens (tertiary/aromatic N) is 2. The predicted octanol–water partition coefficient (Wildman–Crippen LogP) is 3.95. The minimum Gasteiger partial charge on any atom is -0.475 e. The van der Waals surface area contributed by atoms with Crippen molar-refractivity contribution in [1.29, 1.82) is 0 Å². The largest absolute Gasteiger partial charge is 0.475 e. The van der Waals surface area contributed by atoms with E-state index in [-0.39, 0.29) is 16.6 Å². The number of nitrogens with one attached hydrogen (secondary N) is 1. The summed E-state index contributed by atoms with van der Waals surface area (Å²) in [5, 5.41) is 15.1. The van der Waals surface area contributed by atoms with Crippen molar-refractivity contribution in [3.8, 4) is 17.0 Å². The summed E-state index contributed by atoms with van der Waals surface area (Å²) in [6.45, 7) is 0.683. The molecule has 1 heterocycles. The van der Waals surface area contributed by atoms with Gasteiger partial charge < -0.3 is 9.47 Å². The number of esters is 1. The van der Waals surface area contributed by atoms with Crippen LogP contribution < -0.4 is 10.1 Å². The van der Waals surface area contributed by atoms with Crippen molar-refractivity contribution >= 4 is 34.0 Å². The Morgan fingerprint density at radius 1 is 1.22 bits per heavy atom.